The maximum absolute atomic E-state index is 14.1. The molecule has 216 valence electrons. The fraction of sp³-hybridized carbons (Fsp3) is 0.367. The first-order valence-electron chi connectivity index (χ1n) is 13.5. The molecule has 0 radical (unpaired) electrons. The van der Waals surface area contributed by atoms with Crippen LogP contribution in [0.3, 0.4) is 0 Å². The van der Waals surface area contributed by atoms with Crippen molar-refractivity contribution in [2.24, 2.45) is 5.92 Å². The van der Waals surface area contributed by atoms with Crippen molar-refractivity contribution in [3.05, 3.63) is 83.3 Å². The summed E-state index contributed by atoms with van der Waals surface area (Å²) in [6.07, 6.45) is 2.10. The van der Waals surface area contributed by atoms with Gasteiger partial charge in [-0.1, -0.05) is 32.0 Å². The van der Waals surface area contributed by atoms with Gasteiger partial charge >= 0.3 is 6.03 Å². The lowest BCUT2D eigenvalue weighted by Gasteiger charge is -2.32. The lowest BCUT2D eigenvalue weighted by molar-refractivity contribution is -0.145. The van der Waals surface area contributed by atoms with E-state index in [4.69, 9.17) is 4.74 Å². The Kier molecular flexibility index (Phi) is 9.18. The molecule has 0 bridgehead atoms. The second-order valence-corrected chi connectivity index (χ2v) is 10.6. The van der Waals surface area contributed by atoms with Crippen LogP contribution in [0.25, 0.3) is 0 Å². The zero-order valence-electron chi connectivity index (χ0n) is 23.7. The minimum Gasteiger partial charge on any atom is -0.489 e. The normalized spacial score (nSPS) is 17.3. The highest BCUT2D eigenvalue weighted by molar-refractivity contribution is 5.99. The molecule has 2 aromatic heterocycles. The van der Waals surface area contributed by atoms with Crippen LogP contribution < -0.4 is 20.9 Å². The quantitative estimate of drug-likeness (QED) is 0.218. The molecule has 0 spiro atoms. The monoisotopic (exact) mass is 560 g/mol. The number of carbonyl (C=O) groups is 3. The van der Waals surface area contributed by atoms with Gasteiger partial charge in [0.15, 0.2) is 0 Å². The van der Waals surface area contributed by atoms with E-state index in [9.17, 15) is 19.6 Å². The minimum atomic E-state index is -1.46. The summed E-state index contributed by atoms with van der Waals surface area (Å²) in [6, 6.07) is 14.5. The Labute approximate surface area is 239 Å². The SMILES string of the molecule is Cc1cc(COc2ccc([C@]3(NC(=O)Nc4ccccn4)CCN(C(CC(C)C)C(=O)NO)C3=O)cc2)cc(C)n1. The molecule has 1 aromatic carbocycles. The van der Waals surface area contributed by atoms with Crippen LogP contribution in [0.5, 0.6) is 5.75 Å². The molecular formula is C30H36N6O5. The summed E-state index contributed by atoms with van der Waals surface area (Å²) in [4.78, 5) is 49.7. The van der Waals surface area contributed by atoms with Gasteiger partial charge in [-0.2, -0.15) is 0 Å². The second-order valence-electron chi connectivity index (χ2n) is 10.6. The van der Waals surface area contributed by atoms with E-state index in [2.05, 4.69) is 20.6 Å². The van der Waals surface area contributed by atoms with E-state index >= 15 is 0 Å². The largest absolute Gasteiger partial charge is 0.489 e. The van der Waals surface area contributed by atoms with Crippen molar-refractivity contribution in [3.63, 3.8) is 0 Å². The highest BCUT2D eigenvalue weighted by atomic mass is 16.5. The third kappa shape index (κ3) is 6.98. The van der Waals surface area contributed by atoms with Gasteiger partial charge in [-0.25, -0.2) is 15.3 Å². The summed E-state index contributed by atoms with van der Waals surface area (Å²) in [5.74, 6) is -0.130. The van der Waals surface area contributed by atoms with Crippen LogP contribution in [0.1, 0.15) is 49.2 Å². The van der Waals surface area contributed by atoms with Gasteiger partial charge in [0.2, 0.25) is 0 Å². The van der Waals surface area contributed by atoms with E-state index in [0.717, 1.165) is 17.0 Å². The summed E-state index contributed by atoms with van der Waals surface area (Å²) in [6.45, 7) is 8.26. The molecule has 0 aliphatic carbocycles. The van der Waals surface area contributed by atoms with Crippen LogP contribution in [0, 0.1) is 19.8 Å². The molecule has 1 unspecified atom stereocenters. The van der Waals surface area contributed by atoms with E-state index in [1.165, 1.54) is 4.90 Å². The maximum atomic E-state index is 14.1. The van der Waals surface area contributed by atoms with Gasteiger partial charge < -0.3 is 15.0 Å². The van der Waals surface area contributed by atoms with Gasteiger partial charge in [-0.05, 0) is 73.7 Å². The maximum Gasteiger partial charge on any atom is 0.321 e. The second kappa shape index (κ2) is 12.8. The summed E-state index contributed by atoms with van der Waals surface area (Å²) in [7, 11) is 0. The van der Waals surface area contributed by atoms with Crippen molar-refractivity contribution in [1.82, 2.24) is 25.7 Å². The van der Waals surface area contributed by atoms with Gasteiger partial charge in [0, 0.05) is 30.6 Å². The molecule has 41 heavy (non-hydrogen) atoms. The number of amides is 4. The Morgan fingerprint density at radius 3 is 2.41 bits per heavy atom. The number of nitrogens with zero attached hydrogens (tertiary/aromatic N) is 3. The number of aromatic nitrogens is 2. The zero-order chi connectivity index (χ0) is 29.6. The lowest BCUT2D eigenvalue weighted by Crippen LogP contribution is -2.56. The number of carbonyl (C=O) groups excluding carboxylic acids is 3. The lowest BCUT2D eigenvalue weighted by atomic mass is 9.88. The van der Waals surface area contributed by atoms with Crippen molar-refractivity contribution in [1.29, 1.82) is 0 Å². The number of pyridine rings is 2. The van der Waals surface area contributed by atoms with E-state index < -0.39 is 29.4 Å². The number of likely N-dealkylation sites (tertiary alicyclic amines) is 1. The molecule has 1 aliphatic rings. The van der Waals surface area contributed by atoms with Crippen LogP contribution in [-0.2, 0) is 21.7 Å². The van der Waals surface area contributed by atoms with Gasteiger partial charge in [-0.15, -0.1) is 0 Å². The first kappa shape index (κ1) is 29.5. The molecule has 3 heterocycles. The minimum absolute atomic E-state index is 0.0740. The number of benzene rings is 1. The van der Waals surface area contributed by atoms with Gasteiger partial charge in [-0.3, -0.25) is 25.1 Å². The molecule has 3 aromatic rings. The topological polar surface area (TPSA) is 146 Å². The van der Waals surface area contributed by atoms with Gasteiger partial charge in [0.05, 0.1) is 0 Å². The predicted octanol–water partition coefficient (Wildman–Crippen LogP) is 3.84. The van der Waals surface area contributed by atoms with Crippen LogP contribution in [0.2, 0.25) is 0 Å². The average Bonchev–Trinajstić information content (AvgIpc) is 3.26. The summed E-state index contributed by atoms with van der Waals surface area (Å²) < 4.78 is 5.98. The number of hydroxylamine groups is 1. The van der Waals surface area contributed by atoms with Crippen molar-refractivity contribution >= 4 is 23.7 Å². The first-order valence-corrected chi connectivity index (χ1v) is 13.5. The summed E-state index contributed by atoms with van der Waals surface area (Å²) in [5, 5.41) is 14.9. The number of hydrogen-bond acceptors (Lipinski definition) is 7. The molecule has 1 fully saturated rings. The Hall–Kier alpha value is -4.51. The van der Waals surface area contributed by atoms with Gasteiger partial charge in [0.25, 0.3) is 11.8 Å². The summed E-state index contributed by atoms with van der Waals surface area (Å²) in [5.41, 5.74) is 3.58. The highest BCUT2D eigenvalue weighted by Gasteiger charge is 2.52. The fourth-order valence-electron chi connectivity index (χ4n) is 5.18. The third-order valence-electron chi connectivity index (χ3n) is 6.96. The third-order valence-corrected chi connectivity index (χ3v) is 6.96. The summed E-state index contributed by atoms with van der Waals surface area (Å²) >= 11 is 0. The standard InChI is InChI=1S/C30H36N6O5/c1-19(2)15-25(27(37)35-40)36-14-12-30(28(36)38,34-29(39)33-26-7-5-6-13-31-26)23-8-10-24(11-9-23)41-18-22-16-20(3)32-21(4)17-22/h5-11,13,16-17,19,25,40H,12,14-15,18H2,1-4H3,(H,35,37)(H2,31,33,34,39)/t25?,30-/m1/s1. The molecule has 4 amide bonds. The Bertz CT molecular complexity index is 1360. The smallest absolute Gasteiger partial charge is 0.321 e. The Morgan fingerprint density at radius 2 is 1.80 bits per heavy atom. The highest BCUT2D eigenvalue weighted by Crippen LogP contribution is 2.36. The average molecular weight is 561 g/mol. The molecule has 1 saturated heterocycles. The Morgan fingerprint density at radius 1 is 1.10 bits per heavy atom. The number of urea groups is 1. The zero-order valence-corrected chi connectivity index (χ0v) is 23.7. The molecule has 11 heteroatoms. The van der Waals surface area contributed by atoms with Crippen molar-refractivity contribution in [2.75, 3.05) is 11.9 Å². The number of anilines is 1. The van der Waals surface area contributed by atoms with Crippen molar-refractivity contribution in [2.45, 2.75) is 58.7 Å². The van der Waals surface area contributed by atoms with Crippen LogP contribution in [-0.4, -0.2) is 50.5 Å². The molecule has 4 N–H and O–H groups in total. The van der Waals surface area contributed by atoms with E-state index in [1.54, 1.807) is 54.1 Å². The molecule has 1 aliphatic heterocycles. The molecule has 4 rings (SSSR count). The number of hydrogen-bond donors (Lipinski definition) is 4. The van der Waals surface area contributed by atoms with Gasteiger partial charge in [0.1, 0.15) is 29.8 Å². The fourth-order valence-corrected chi connectivity index (χ4v) is 5.18. The molecule has 0 saturated carbocycles. The number of aryl methyl sites for hydroxylation is 2. The Balaban J connectivity index is 1.61. The van der Waals surface area contributed by atoms with Crippen molar-refractivity contribution < 1.29 is 24.3 Å². The molecule has 11 nitrogen and oxygen atoms in total. The number of rotatable bonds is 10. The van der Waals surface area contributed by atoms with E-state index in [-0.39, 0.29) is 18.9 Å². The van der Waals surface area contributed by atoms with Crippen LogP contribution in [0.4, 0.5) is 10.6 Å². The number of ether oxygens (including phenoxy) is 1. The molecular weight excluding hydrogens is 524 g/mol. The predicted molar refractivity (Wildman–Crippen MR) is 152 cm³/mol. The molecule has 2 atom stereocenters. The van der Waals surface area contributed by atoms with E-state index in [0.29, 0.717) is 30.2 Å². The first-order chi connectivity index (χ1) is 19.6. The van der Waals surface area contributed by atoms with Crippen molar-refractivity contribution in [3.8, 4) is 5.75 Å². The van der Waals surface area contributed by atoms with Crippen LogP contribution in [0.15, 0.2) is 60.8 Å². The van der Waals surface area contributed by atoms with Crippen LogP contribution >= 0.6 is 0 Å². The number of nitrogens with one attached hydrogen (secondary N) is 3. The van der Waals surface area contributed by atoms with E-state index in [1.807, 2.05) is 39.8 Å².